The fourth-order valence-electron chi connectivity index (χ4n) is 2.85. The summed E-state index contributed by atoms with van der Waals surface area (Å²) in [5, 5.41) is 7.60. The molecule has 1 unspecified atom stereocenters. The largest absolute Gasteiger partial charge is 0.334 e. The maximum atomic E-state index is 12.8. The van der Waals surface area contributed by atoms with Crippen LogP contribution >= 0.6 is 12.4 Å². The summed E-state index contributed by atoms with van der Waals surface area (Å²) in [5.41, 5.74) is 1.58. The summed E-state index contributed by atoms with van der Waals surface area (Å²) in [7, 11) is 0. The number of carbonyl (C=O) groups is 1. The Morgan fingerprint density at radius 3 is 3.10 bits per heavy atom. The molecular weight excluding hydrogens is 288 g/mol. The van der Waals surface area contributed by atoms with E-state index >= 15 is 0 Å². The summed E-state index contributed by atoms with van der Waals surface area (Å²) in [6, 6.07) is 6.10. The third-order valence-electron chi connectivity index (χ3n) is 3.86. The van der Waals surface area contributed by atoms with Crippen LogP contribution in [0.15, 0.2) is 30.6 Å². The number of fused-ring (bicyclic) bond motifs is 1. The molecule has 1 aliphatic heterocycles. The summed E-state index contributed by atoms with van der Waals surface area (Å²) in [4.78, 5) is 14.8. The Labute approximate surface area is 130 Å². The predicted octanol–water partition coefficient (Wildman–Crippen LogP) is 1.97. The normalized spacial score (nSPS) is 17.7. The van der Waals surface area contributed by atoms with Crippen molar-refractivity contribution < 1.29 is 4.79 Å². The summed E-state index contributed by atoms with van der Waals surface area (Å²) >= 11 is 0. The van der Waals surface area contributed by atoms with Crippen molar-refractivity contribution in [3.63, 3.8) is 0 Å². The highest BCUT2D eigenvalue weighted by Crippen LogP contribution is 2.17. The number of pyridine rings is 1. The second-order valence-electron chi connectivity index (χ2n) is 5.23. The zero-order chi connectivity index (χ0) is 13.9. The molecule has 1 amide bonds. The monoisotopic (exact) mass is 308 g/mol. The van der Waals surface area contributed by atoms with E-state index in [1.165, 1.54) is 0 Å². The first-order valence-electron chi connectivity index (χ1n) is 7.25. The van der Waals surface area contributed by atoms with Gasteiger partial charge in [-0.05, 0) is 31.5 Å². The molecule has 5 nitrogen and oxygen atoms in total. The molecule has 2 aromatic heterocycles. The van der Waals surface area contributed by atoms with E-state index in [1.54, 1.807) is 10.7 Å². The molecule has 0 saturated carbocycles. The first kappa shape index (κ1) is 15.8. The van der Waals surface area contributed by atoms with Gasteiger partial charge in [-0.3, -0.25) is 4.79 Å². The number of hydrogen-bond acceptors (Lipinski definition) is 3. The molecule has 0 aromatic carbocycles. The Hall–Kier alpha value is -1.59. The minimum Gasteiger partial charge on any atom is -0.334 e. The van der Waals surface area contributed by atoms with Crippen LogP contribution in [-0.2, 0) is 0 Å². The van der Waals surface area contributed by atoms with Gasteiger partial charge in [-0.25, -0.2) is 4.52 Å². The number of nitrogens with zero attached hydrogens (tertiary/aromatic N) is 3. The van der Waals surface area contributed by atoms with Crippen molar-refractivity contribution in [1.82, 2.24) is 19.8 Å². The van der Waals surface area contributed by atoms with Crippen molar-refractivity contribution >= 4 is 23.8 Å². The molecule has 0 spiro atoms. The fourth-order valence-corrected chi connectivity index (χ4v) is 2.85. The zero-order valence-electron chi connectivity index (χ0n) is 12.2. The summed E-state index contributed by atoms with van der Waals surface area (Å²) in [6.45, 7) is 4.80. The molecule has 6 heteroatoms. The Balaban J connectivity index is 0.00000161. The Kier molecular flexibility index (Phi) is 5.20. The molecule has 1 N–H and O–H groups in total. The van der Waals surface area contributed by atoms with Crippen LogP contribution in [0.4, 0.5) is 0 Å². The number of amides is 1. The lowest BCUT2D eigenvalue weighted by molar-refractivity contribution is 0.0694. The average molecular weight is 309 g/mol. The minimum absolute atomic E-state index is 0. The quantitative estimate of drug-likeness (QED) is 0.939. The lowest BCUT2D eigenvalue weighted by Crippen LogP contribution is -2.42. The molecule has 114 valence electrons. The number of hydrogen-bond donors (Lipinski definition) is 1. The second-order valence-corrected chi connectivity index (χ2v) is 5.23. The Bertz CT molecular complexity index is 606. The molecule has 1 fully saturated rings. The van der Waals surface area contributed by atoms with Crippen LogP contribution in [-0.4, -0.2) is 46.1 Å². The van der Waals surface area contributed by atoms with Gasteiger partial charge in [0.2, 0.25) is 0 Å². The van der Waals surface area contributed by atoms with E-state index in [2.05, 4.69) is 17.3 Å². The van der Waals surface area contributed by atoms with Crippen LogP contribution in [0, 0.1) is 0 Å². The Morgan fingerprint density at radius 2 is 2.38 bits per heavy atom. The lowest BCUT2D eigenvalue weighted by Gasteiger charge is -2.28. The molecule has 1 saturated heterocycles. The molecular formula is C15H21ClN4O. The number of rotatable bonds is 4. The smallest absolute Gasteiger partial charge is 0.257 e. The van der Waals surface area contributed by atoms with Gasteiger partial charge >= 0.3 is 0 Å². The molecule has 21 heavy (non-hydrogen) atoms. The second kappa shape index (κ2) is 6.91. The third-order valence-corrected chi connectivity index (χ3v) is 3.86. The van der Waals surface area contributed by atoms with Gasteiger partial charge in [-0.15, -0.1) is 12.4 Å². The van der Waals surface area contributed by atoms with E-state index in [4.69, 9.17) is 0 Å². The van der Waals surface area contributed by atoms with Crippen molar-refractivity contribution in [2.45, 2.75) is 25.8 Å². The molecule has 1 aliphatic rings. The highest BCUT2D eigenvalue weighted by molar-refractivity contribution is 6.00. The minimum atomic E-state index is 0. The van der Waals surface area contributed by atoms with Crippen LogP contribution in [0.25, 0.3) is 5.52 Å². The van der Waals surface area contributed by atoms with Gasteiger partial charge in [-0.2, -0.15) is 5.10 Å². The number of halogens is 1. The van der Waals surface area contributed by atoms with Gasteiger partial charge in [0.25, 0.3) is 5.91 Å². The van der Waals surface area contributed by atoms with Gasteiger partial charge < -0.3 is 10.2 Å². The molecule has 0 aliphatic carbocycles. The molecule has 3 heterocycles. The van der Waals surface area contributed by atoms with Gasteiger partial charge in [0.15, 0.2) is 0 Å². The fraction of sp³-hybridized carbons (Fsp3) is 0.467. The van der Waals surface area contributed by atoms with Gasteiger partial charge in [0, 0.05) is 25.3 Å². The van der Waals surface area contributed by atoms with Gasteiger partial charge in [0.05, 0.1) is 17.3 Å². The van der Waals surface area contributed by atoms with Crippen LogP contribution in [0.1, 0.15) is 30.1 Å². The van der Waals surface area contributed by atoms with Gasteiger partial charge in [-0.1, -0.05) is 13.0 Å². The highest BCUT2D eigenvalue weighted by atomic mass is 35.5. The highest BCUT2D eigenvalue weighted by Gasteiger charge is 2.28. The molecule has 0 bridgehead atoms. The maximum absolute atomic E-state index is 12.8. The van der Waals surface area contributed by atoms with E-state index < -0.39 is 0 Å². The lowest BCUT2D eigenvalue weighted by atomic mass is 10.1. The standard InChI is InChI=1S/C15H20N4O.ClH/c1-2-8-18(12-6-7-16-10-12)15(20)13-11-17-19-9-4-3-5-14(13)19;/h3-5,9,11-12,16H,2,6-8,10H2,1H3;1H. The van der Waals surface area contributed by atoms with Crippen LogP contribution in [0.2, 0.25) is 0 Å². The molecule has 3 rings (SSSR count). The van der Waals surface area contributed by atoms with Gasteiger partial charge in [0.1, 0.15) is 0 Å². The van der Waals surface area contributed by atoms with E-state index in [9.17, 15) is 4.79 Å². The Morgan fingerprint density at radius 1 is 1.52 bits per heavy atom. The first-order chi connectivity index (χ1) is 9.81. The number of aromatic nitrogens is 2. The maximum Gasteiger partial charge on any atom is 0.257 e. The first-order valence-corrected chi connectivity index (χ1v) is 7.25. The van der Waals surface area contributed by atoms with Crippen LogP contribution in [0.3, 0.4) is 0 Å². The van der Waals surface area contributed by atoms with Crippen LogP contribution < -0.4 is 5.32 Å². The average Bonchev–Trinajstić information content (AvgIpc) is 3.13. The number of carbonyl (C=O) groups excluding carboxylic acids is 1. The topological polar surface area (TPSA) is 49.6 Å². The summed E-state index contributed by atoms with van der Waals surface area (Å²) in [5.74, 6) is 0.0988. The zero-order valence-corrected chi connectivity index (χ0v) is 13.0. The van der Waals surface area contributed by atoms with E-state index in [0.717, 1.165) is 38.0 Å². The summed E-state index contributed by atoms with van der Waals surface area (Å²) < 4.78 is 1.75. The van der Waals surface area contributed by atoms with Crippen molar-refractivity contribution in [2.24, 2.45) is 0 Å². The van der Waals surface area contributed by atoms with E-state index in [0.29, 0.717) is 11.6 Å². The van der Waals surface area contributed by atoms with Crippen molar-refractivity contribution in [2.75, 3.05) is 19.6 Å². The molecule has 2 aromatic rings. The SMILES string of the molecule is CCCN(C(=O)c1cnn2ccccc12)C1CCNC1.Cl. The predicted molar refractivity (Wildman–Crippen MR) is 85.0 cm³/mol. The molecule has 0 radical (unpaired) electrons. The molecule has 1 atom stereocenters. The summed E-state index contributed by atoms with van der Waals surface area (Å²) in [6.07, 6.45) is 5.56. The van der Waals surface area contributed by atoms with Crippen LogP contribution in [0.5, 0.6) is 0 Å². The van der Waals surface area contributed by atoms with E-state index in [-0.39, 0.29) is 18.3 Å². The van der Waals surface area contributed by atoms with Crippen molar-refractivity contribution in [3.8, 4) is 0 Å². The van der Waals surface area contributed by atoms with E-state index in [1.807, 2.05) is 29.3 Å². The third kappa shape index (κ3) is 3.04. The van der Waals surface area contributed by atoms with Crippen molar-refractivity contribution in [3.05, 3.63) is 36.2 Å². The number of nitrogens with one attached hydrogen (secondary N) is 1. The van der Waals surface area contributed by atoms with Crippen molar-refractivity contribution in [1.29, 1.82) is 0 Å².